The molecule has 0 saturated carbocycles. The van der Waals surface area contributed by atoms with Crippen molar-refractivity contribution in [1.29, 1.82) is 0 Å². The minimum atomic E-state index is -1.23. The summed E-state index contributed by atoms with van der Waals surface area (Å²) in [7, 11) is 0. The molecule has 2 aromatic rings. The fourth-order valence-electron chi connectivity index (χ4n) is 1.71. The van der Waals surface area contributed by atoms with Gasteiger partial charge in [0.05, 0.1) is 17.4 Å². The van der Waals surface area contributed by atoms with E-state index in [1.165, 1.54) is 43.7 Å². The third-order valence-electron chi connectivity index (χ3n) is 2.61. The Morgan fingerprint density at radius 2 is 1.91 bits per heavy atom. The second-order valence-electron chi connectivity index (χ2n) is 4.29. The summed E-state index contributed by atoms with van der Waals surface area (Å²) >= 11 is 0. The minimum Gasteiger partial charge on any atom is -0.478 e. The molecule has 1 aromatic heterocycles. The highest BCUT2D eigenvalue weighted by molar-refractivity contribution is 6.07. The molecule has 0 unspecified atom stereocenters. The van der Waals surface area contributed by atoms with Crippen molar-refractivity contribution < 1.29 is 19.5 Å². The molecule has 0 saturated heterocycles. The molecule has 2 rings (SSSR count). The number of carbonyl (C=O) groups is 3. The second-order valence-corrected chi connectivity index (χ2v) is 4.29. The number of hydrogen-bond acceptors (Lipinski definition) is 5. The van der Waals surface area contributed by atoms with Crippen molar-refractivity contribution in [1.82, 2.24) is 9.97 Å². The SMILES string of the molecule is CC(=O)Nc1ccc(NC(=O)c2cnccn2)c(C(=O)O)c1. The maximum atomic E-state index is 12.0. The first-order valence-corrected chi connectivity index (χ1v) is 6.19. The van der Waals surface area contributed by atoms with Crippen molar-refractivity contribution in [3.05, 3.63) is 48.0 Å². The van der Waals surface area contributed by atoms with Crippen molar-refractivity contribution >= 4 is 29.2 Å². The van der Waals surface area contributed by atoms with Gasteiger partial charge in [-0.05, 0) is 18.2 Å². The van der Waals surface area contributed by atoms with E-state index in [0.29, 0.717) is 5.69 Å². The minimum absolute atomic E-state index is 0.0600. The van der Waals surface area contributed by atoms with E-state index in [0.717, 1.165) is 0 Å². The summed E-state index contributed by atoms with van der Waals surface area (Å²) in [4.78, 5) is 41.9. The third kappa shape index (κ3) is 3.63. The van der Waals surface area contributed by atoms with E-state index in [-0.39, 0.29) is 22.9 Å². The molecule has 0 aliphatic heterocycles. The van der Waals surface area contributed by atoms with Gasteiger partial charge in [-0.15, -0.1) is 0 Å². The average molecular weight is 300 g/mol. The fraction of sp³-hybridized carbons (Fsp3) is 0.0714. The predicted octanol–water partition coefficient (Wildman–Crippen LogP) is 1.39. The van der Waals surface area contributed by atoms with Gasteiger partial charge in [0.2, 0.25) is 5.91 Å². The molecule has 0 radical (unpaired) electrons. The monoisotopic (exact) mass is 300 g/mol. The van der Waals surface area contributed by atoms with Gasteiger partial charge in [-0.25, -0.2) is 9.78 Å². The maximum absolute atomic E-state index is 12.0. The van der Waals surface area contributed by atoms with E-state index in [1.54, 1.807) is 0 Å². The maximum Gasteiger partial charge on any atom is 0.337 e. The molecule has 0 spiro atoms. The zero-order chi connectivity index (χ0) is 16.1. The highest BCUT2D eigenvalue weighted by atomic mass is 16.4. The number of anilines is 2. The Labute approximate surface area is 125 Å². The second kappa shape index (κ2) is 6.44. The number of aromatic nitrogens is 2. The lowest BCUT2D eigenvalue weighted by atomic mass is 10.1. The lowest BCUT2D eigenvalue weighted by Crippen LogP contribution is -2.16. The van der Waals surface area contributed by atoms with Crippen LogP contribution in [0.1, 0.15) is 27.8 Å². The van der Waals surface area contributed by atoms with E-state index in [2.05, 4.69) is 20.6 Å². The summed E-state index contributed by atoms with van der Waals surface area (Å²) in [5.74, 6) is -2.14. The molecule has 1 aromatic carbocycles. The van der Waals surface area contributed by atoms with Crippen LogP contribution in [0.2, 0.25) is 0 Å². The lowest BCUT2D eigenvalue weighted by molar-refractivity contribution is -0.114. The van der Waals surface area contributed by atoms with Crippen LogP contribution in [0.5, 0.6) is 0 Å². The van der Waals surface area contributed by atoms with Crippen molar-refractivity contribution in [2.45, 2.75) is 6.92 Å². The summed E-state index contributed by atoms with van der Waals surface area (Å²) in [6.07, 6.45) is 4.04. The fourth-order valence-corrected chi connectivity index (χ4v) is 1.71. The van der Waals surface area contributed by atoms with Gasteiger partial charge in [0.15, 0.2) is 0 Å². The molecule has 0 atom stereocenters. The Kier molecular flexibility index (Phi) is 4.42. The molecular weight excluding hydrogens is 288 g/mol. The van der Waals surface area contributed by atoms with Gasteiger partial charge in [0.25, 0.3) is 5.91 Å². The van der Waals surface area contributed by atoms with Crippen LogP contribution in [0.4, 0.5) is 11.4 Å². The smallest absolute Gasteiger partial charge is 0.337 e. The number of carboxylic acid groups (broad SMARTS) is 1. The standard InChI is InChI=1S/C14H12N4O4/c1-8(19)17-9-2-3-11(10(6-9)14(21)22)18-13(20)12-7-15-4-5-16-12/h2-7H,1H3,(H,17,19)(H,18,20)(H,21,22). The highest BCUT2D eigenvalue weighted by Gasteiger charge is 2.15. The Balaban J connectivity index is 2.28. The van der Waals surface area contributed by atoms with Crippen LogP contribution < -0.4 is 10.6 Å². The van der Waals surface area contributed by atoms with Crippen LogP contribution in [0.25, 0.3) is 0 Å². The number of hydrogen-bond donors (Lipinski definition) is 3. The number of carboxylic acids is 1. The van der Waals surface area contributed by atoms with Crippen LogP contribution in [0.3, 0.4) is 0 Å². The Hall–Kier alpha value is -3.29. The predicted molar refractivity (Wildman–Crippen MR) is 77.7 cm³/mol. The first-order valence-electron chi connectivity index (χ1n) is 6.19. The first kappa shape index (κ1) is 15.1. The Bertz CT molecular complexity index is 731. The molecule has 8 nitrogen and oxygen atoms in total. The molecule has 0 bridgehead atoms. The highest BCUT2D eigenvalue weighted by Crippen LogP contribution is 2.21. The topological polar surface area (TPSA) is 121 Å². The molecule has 0 aliphatic carbocycles. The van der Waals surface area contributed by atoms with Crippen LogP contribution in [0, 0.1) is 0 Å². The van der Waals surface area contributed by atoms with E-state index in [9.17, 15) is 19.5 Å². The van der Waals surface area contributed by atoms with Gasteiger partial charge in [-0.3, -0.25) is 14.6 Å². The molecule has 22 heavy (non-hydrogen) atoms. The summed E-state index contributed by atoms with van der Waals surface area (Å²) in [5, 5.41) is 14.1. The molecule has 0 aliphatic rings. The summed E-state index contributed by atoms with van der Waals surface area (Å²) in [6, 6.07) is 4.14. The van der Waals surface area contributed by atoms with E-state index in [1.807, 2.05) is 0 Å². The van der Waals surface area contributed by atoms with E-state index >= 15 is 0 Å². The van der Waals surface area contributed by atoms with Gasteiger partial charge in [0.1, 0.15) is 5.69 Å². The molecule has 0 fully saturated rings. The van der Waals surface area contributed by atoms with Crippen molar-refractivity contribution in [2.24, 2.45) is 0 Å². The Morgan fingerprint density at radius 1 is 1.14 bits per heavy atom. The van der Waals surface area contributed by atoms with Gasteiger partial charge in [0, 0.05) is 25.0 Å². The summed E-state index contributed by atoms with van der Waals surface area (Å²) in [5.41, 5.74) is 0.327. The number of benzene rings is 1. The summed E-state index contributed by atoms with van der Waals surface area (Å²) < 4.78 is 0. The van der Waals surface area contributed by atoms with Crippen molar-refractivity contribution in [2.75, 3.05) is 10.6 Å². The van der Waals surface area contributed by atoms with Crippen molar-refractivity contribution in [3.63, 3.8) is 0 Å². The van der Waals surface area contributed by atoms with Crippen molar-refractivity contribution in [3.8, 4) is 0 Å². The largest absolute Gasteiger partial charge is 0.478 e. The van der Waals surface area contributed by atoms with Gasteiger partial charge >= 0.3 is 5.97 Å². The number of amides is 2. The lowest BCUT2D eigenvalue weighted by Gasteiger charge is -2.10. The van der Waals surface area contributed by atoms with Crippen LogP contribution in [0.15, 0.2) is 36.8 Å². The number of rotatable bonds is 4. The Morgan fingerprint density at radius 3 is 2.50 bits per heavy atom. The number of carbonyl (C=O) groups excluding carboxylic acids is 2. The molecule has 2 amide bonds. The number of aromatic carboxylic acids is 1. The van der Waals surface area contributed by atoms with Gasteiger partial charge in [-0.1, -0.05) is 0 Å². The van der Waals surface area contributed by atoms with Gasteiger partial charge < -0.3 is 15.7 Å². The summed E-state index contributed by atoms with van der Waals surface area (Å²) in [6.45, 7) is 1.31. The third-order valence-corrected chi connectivity index (χ3v) is 2.61. The van der Waals surface area contributed by atoms with Gasteiger partial charge in [-0.2, -0.15) is 0 Å². The zero-order valence-electron chi connectivity index (χ0n) is 11.5. The number of nitrogens with one attached hydrogen (secondary N) is 2. The van der Waals surface area contributed by atoms with Crippen LogP contribution >= 0.6 is 0 Å². The molecule has 112 valence electrons. The quantitative estimate of drug-likeness (QED) is 0.784. The van der Waals surface area contributed by atoms with E-state index < -0.39 is 11.9 Å². The van der Waals surface area contributed by atoms with E-state index in [4.69, 9.17) is 0 Å². The normalized spacial score (nSPS) is 9.86. The average Bonchev–Trinajstić information content (AvgIpc) is 2.49. The molecular formula is C14H12N4O4. The first-order chi connectivity index (χ1) is 10.5. The molecule has 8 heteroatoms. The molecule has 3 N–H and O–H groups in total. The number of nitrogens with zero attached hydrogens (tertiary/aromatic N) is 2. The molecule has 1 heterocycles. The van der Waals surface area contributed by atoms with Crippen LogP contribution in [-0.4, -0.2) is 32.9 Å². The van der Waals surface area contributed by atoms with Crippen LogP contribution in [-0.2, 0) is 4.79 Å². The zero-order valence-corrected chi connectivity index (χ0v) is 11.5.